The number of hydrogen-bond acceptors (Lipinski definition) is 5. The van der Waals surface area contributed by atoms with Crippen LogP contribution in [0.4, 0.5) is 5.69 Å². The molecule has 0 bridgehead atoms. The van der Waals surface area contributed by atoms with Crippen LogP contribution in [0.2, 0.25) is 0 Å². The summed E-state index contributed by atoms with van der Waals surface area (Å²) in [6.07, 6.45) is -1.02. The zero-order chi connectivity index (χ0) is 18.2. The molecule has 0 saturated carbocycles. The first-order valence-electron chi connectivity index (χ1n) is 7.37. The zero-order valence-corrected chi connectivity index (χ0v) is 14.9. The summed E-state index contributed by atoms with van der Waals surface area (Å²) >= 11 is 3.30. The summed E-state index contributed by atoms with van der Waals surface area (Å²) in [6.45, 7) is 1.13. The van der Waals surface area contributed by atoms with Crippen molar-refractivity contribution in [2.24, 2.45) is 0 Å². The number of benzene rings is 2. The van der Waals surface area contributed by atoms with Crippen LogP contribution in [0.15, 0.2) is 53.0 Å². The van der Waals surface area contributed by atoms with Crippen molar-refractivity contribution in [1.82, 2.24) is 0 Å². The quantitative estimate of drug-likeness (QED) is 0.748. The van der Waals surface area contributed by atoms with Crippen molar-refractivity contribution >= 4 is 33.5 Å². The van der Waals surface area contributed by atoms with Crippen molar-refractivity contribution in [2.45, 2.75) is 13.0 Å². The molecule has 128 valence electrons. The average Bonchev–Trinajstić information content (AvgIpc) is 2.61. The van der Waals surface area contributed by atoms with Crippen LogP contribution in [-0.2, 0) is 14.3 Å². The predicted molar refractivity (Wildman–Crippen MR) is 95.0 cm³/mol. The topological polar surface area (TPSA) is 88.4 Å². The number of carbonyl (C=O) groups excluding carboxylic acids is 2. The van der Waals surface area contributed by atoms with E-state index < -0.39 is 18.0 Å². The van der Waals surface area contributed by atoms with Crippen LogP contribution in [0.25, 0.3) is 0 Å². The van der Waals surface area contributed by atoms with Gasteiger partial charge in [0.05, 0.1) is 11.3 Å². The van der Waals surface area contributed by atoms with E-state index in [-0.39, 0.29) is 6.61 Å². The number of nitriles is 1. The number of rotatable bonds is 6. The molecule has 6 nitrogen and oxygen atoms in total. The number of amides is 1. The first kappa shape index (κ1) is 18.5. The number of halogens is 1. The van der Waals surface area contributed by atoms with Crippen LogP contribution in [0.5, 0.6) is 5.75 Å². The molecule has 1 atom stereocenters. The zero-order valence-electron chi connectivity index (χ0n) is 13.4. The molecular weight excluding hydrogens is 388 g/mol. The normalized spacial score (nSPS) is 11.1. The number of hydrogen-bond donors (Lipinski definition) is 1. The molecule has 0 radical (unpaired) electrons. The summed E-state index contributed by atoms with van der Waals surface area (Å²) in [5.74, 6) is -0.681. The van der Waals surface area contributed by atoms with Crippen LogP contribution in [0.3, 0.4) is 0 Å². The van der Waals surface area contributed by atoms with Crippen molar-refractivity contribution in [1.29, 1.82) is 5.26 Å². The summed E-state index contributed by atoms with van der Waals surface area (Å²) in [5, 5.41) is 11.6. The summed E-state index contributed by atoms with van der Waals surface area (Å²) in [7, 11) is 0. The molecule has 0 aliphatic rings. The van der Waals surface area contributed by atoms with Crippen molar-refractivity contribution in [2.75, 3.05) is 11.9 Å². The first-order chi connectivity index (χ1) is 12.0. The van der Waals surface area contributed by atoms with E-state index in [1.54, 1.807) is 48.5 Å². The van der Waals surface area contributed by atoms with E-state index in [0.717, 1.165) is 4.47 Å². The number of nitrogens with one attached hydrogen (secondary N) is 1. The van der Waals surface area contributed by atoms with Crippen molar-refractivity contribution < 1.29 is 19.1 Å². The van der Waals surface area contributed by atoms with E-state index in [9.17, 15) is 9.59 Å². The minimum atomic E-state index is -1.02. The van der Waals surface area contributed by atoms with Crippen molar-refractivity contribution in [3.05, 3.63) is 58.6 Å². The van der Waals surface area contributed by atoms with E-state index in [4.69, 9.17) is 14.7 Å². The van der Waals surface area contributed by atoms with Gasteiger partial charge in [0, 0.05) is 4.47 Å². The second kappa shape index (κ2) is 8.85. The minimum absolute atomic E-state index is 0.311. The van der Waals surface area contributed by atoms with Crippen molar-refractivity contribution in [3.8, 4) is 11.8 Å². The molecular formula is C18H15BrN2O4. The third kappa shape index (κ3) is 5.62. The van der Waals surface area contributed by atoms with Gasteiger partial charge in [-0.1, -0.05) is 28.1 Å². The molecule has 0 spiro atoms. The molecule has 25 heavy (non-hydrogen) atoms. The Balaban J connectivity index is 1.84. The molecule has 0 aliphatic carbocycles. The molecule has 2 rings (SSSR count). The average molecular weight is 403 g/mol. The highest BCUT2D eigenvalue weighted by Gasteiger charge is 2.19. The van der Waals surface area contributed by atoms with Crippen LogP contribution in [0.1, 0.15) is 12.5 Å². The van der Waals surface area contributed by atoms with E-state index >= 15 is 0 Å². The van der Waals surface area contributed by atoms with Gasteiger partial charge >= 0.3 is 5.97 Å². The second-order valence-corrected chi connectivity index (χ2v) is 5.94. The maximum absolute atomic E-state index is 12.1. The van der Waals surface area contributed by atoms with Gasteiger partial charge in [-0.2, -0.15) is 5.26 Å². The fourth-order valence-corrected chi connectivity index (χ4v) is 2.15. The second-order valence-electron chi connectivity index (χ2n) is 5.02. The predicted octanol–water partition coefficient (Wildman–Crippen LogP) is 3.27. The van der Waals surface area contributed by atoms with Crippen LogP contribution >= 0.6 is 15.9 Å². The molecule has 2 aromatic rings. The van der Waals surface area contributed by atoms with Gasteiger partial charge in [-0.25, -0.2) is 4.79 Å². The number of carbonyl (C=O) groups is 2. The van der Waals surface area contributed by atoms with Gasteiger partial charge in [0.2, 0.25) is 0 Å². The largest absolute Gasteiger partial charge is 0.482 e. The molecule has 2 aromatic carbocycles. The van der Waals surface area contributed by atoms with E-state index in [0.29, 0.717) is 17.0 Å². The Bertz CT molecular complexity index is 799. The highest BCUT2D eigenvalue weighted by atomic mass is 79.9. The number of anilines is 1. The lowest BCUT2D eigenvalue weighted by Crippen LogP contribution is -2.31. The molecule has 7 heteroatoms. The van der Waals surface area contributed by atoms with Crippen molar-refractivity contribution in [3.63, 3.8) is 0 Å². The summed E-state index contributed by atoms with van der Waals surface area (Å²) in [4.78, 5) is 23.9. The molecule has 0 unspecified atom stereocenters. The Labute approximate surface area is 153 Å². The third-order valence-electron chi connectivity index (χ3n) is 3.15. The summed E-state index contributed by atoms with van der Waals surface area (Å²) in [6, 6.07) is 15.5. The molecule has 1 amide bonds. The fraction of sp³-hybridized carbons (Fsp3) is 0.167. The third-order valence-corrected chi connectivity index (χ3v) is 3.68. The van der Waals surface area contributed by atoms with Gasteiger partial charge in [-0.3, -0.25) is 4.79 Å². The van der Waals surface area contributed by atoms with Crippen LogP contribution < -0.4 is 10.1 Å². The first-order valence-corrected chi connectivity index (χ1v) is 8.16. The van der Waals surface area contributed by atoms with Crippen LogP contribution in [-0.4, -0.2) is 24.6 Å². The lowest BCUT2D eigenvalue weighted by molar-refractivity contribution is -0.155. The standard InChI is InChI=1S/C18H15BrN2O4/c1-12(18(23)21-16-5-3-2-4-13(16)10-20)25-17(22)11-24-15-8-6-14(19)7-9-15/h2-9,12H,11H2,1H3,(H,21,23)/t12-/m0/s1. The Hall–Kier alpha value is -2.85. The molecule has 0 aliphatic heterocycles. The number of ether oxygens (including phenoxy) is 2. The van der Waals surface area contributed by atoms with E-state index in [1.807, 2.05) is 6.07 Å². The monoisotopic (exact) mass is 402 g/mol. The fourth-order valence-electron chi connectivity index (χ4n) is 1.88. The molecule has 0 fully saturated rings. The Morgan fingerprint density at radius 2 is 1.88 bits per heavy atom. The molecule has 0 heterocycles. The number of para-hydroxylation sites is 1. The summed E-state index contributed by atoms with van der Waals surface area (Å²) in [5.41, 5.74) is 0.692. The Morgan fingerprint density at radius 3 is 2.56 bits per heavy atom. The van der Waals surface area contributed by atoms with Gasteiger partial charge in [0.1, 0.15) is 11.8 Å². The summed E-state index contributed by atoms with van der Waals surface area (Å²) < 4.78 is 11.2. The Kier molecular flexibility index (Phi) is 6.54. The Morgan fingerprint density at radius 1 is 1.20 bits per heavy atom. The van der Waals surface area contributed by atoms with E-state index in [1.165, 1.54) is 6.92 Å². The number of nitrogens with zero attached hydrogens (tertiary/aromatic N) is 1. The maximum Gasteiger partial charge on any atom is 0.344 e. The van der Waals surface area contributed by atoms with Gasteiger partial charge in [-0.15, -0.1) is 0 Å². The lowest BCUT2D eigenvalue weighted by Gasteiger charge is -2.14. The highest BCUT2D eigenvalue weighted by molar-refractivity contribution is 9.10. The van der Waals surface area contributed by atoms with Gasteiger partial charge < -0.3 is 14.8 Å². The molecule has 0 saturated heterocycles. The highest BCUT2D eigenvalue weighted by Crippen LogP contribution is 2.16. The number of esters is 1. The van der Waals surface area contributed by atoms with Gasteiger partial charge in [-0.05, 0) is 43.3 Å². The van der Waals surface area contributed by atoms with Gasteiger partial charge in [0.25, 0.3) is 5.91 Å². The maximum atomic E-state index is 12.1. The lowest BCUT2D eigenvalue weighted by atomic mass is 10.2. The van der Waals surface area contributed by atoms with Gasteiger partial charge in [0.15, 0.2) is 12.7 Å². The minimum Gasteiger partial charge on any atom is -0.482 e. The van der Waals surface area contributed by atoms with Crippen LogP contribution in [0, 0.1) is 11.3 Å². The smallest absolute Gasteiger partial charge is 0.344 e. The molecule has 1 N–H and O–H groups in total. The molecule has 0 aromatic heterocycles. The SMILES string of the molecule is C[C@H](OC(=O)COc1ccc(Br)cc1)C(=O)Nc1ccccc1C#N. The van der Waals surface area contributed by atoms with E-state index in [2.05, 4.69) is 21.2 Å².